The van der Waals surface area contributed by atoms with Crippen LogP contribution in [-0.2, 0) is 17.6 Å². The number of nitrogens with one attached hydrogen (secondary N) is 1. The maximum atomic E-state index is 12.1. The van der Waals surface area contributed by atoms with Gasteiger partial charge in [0.05, 0.1) is 15.2 Å². The minimum Gasteiger partial charge on any atom is -0.486 e. The maximum absolute atomic E-state index is 12.1. The molecule has 1 aliphatic heterocycles. The summed E-state index contributed by atoms with van der Waals surface area (Å²) in [7, 11) is 0. The lowest BCUT2D eigenvalue weighted by Gasteiger charge is -2.20. The minimum atomic E-state index is -0.0339. The summed E-state index contributed by atoms with van der Waals surface area (Å²) in [5.74, 6) is 1.13. The maximum Gasteiger partial charge on any atom is 0.224 e. The molecule has 0 atom stereocenters. The van der Waals surface area contributed by atoms with Crippen LogP contribution in [-0.4, -0.2) is 25.7 Å². The molecule has 0 fully saturated rings. The van der Waals surface area contributed by atoms with Gasteiger partial charge in [-0.2, -0.15) is 0 Å². The molecule has 0 spiro atoms. The fraction of sp³-hybridized carbons (Fsp3) is 0.312. The summed E-state index contributed by atoms with van der Waals surface area (Å²) in [6, 6.07) is 7.64. The van der Waals surface area contributed by atoms with Gasteiger partial charge in [-0.15, -0.1) is 11.3 Å². The van der Waals surface area contributed by atoms with Crippen LogP contribution in [0.2, 0.25) is 5.02 Å². The lowest BCUT2D eigenvalue weighted by Crippen LogP contribution is -2.27. The van der Waals surface area contributed by atoms with Gasteiger partial charge in [-0.25, -0.2) is 0 Å². The highest BCUT2D eigenvalue weighted by Gasteiger charge is 2.17. The smallest absolute Gasteiger partial charge is 0.224 e. The number of carbonyl (C=O) groups excluding carboxylic acids is 1. The number of fused-ring (bicyclic) bond motifs is 1. The van der Waals surface area contributed by atoms with E-state index in [4.69, 9.17) is 21.1 Å². The topological polar surface area (TPSA) is 47.6 Å². The molecule has 3 rings (SSSR count). The van der Waals surface area contributed by atoms with Gasteiger partial charge in [-0.3, -0.25) is 4.79 Å². The number of carbonyl (C=O) groups is 1. The zero-order chi connectivity index (χ0) is 16.2. The second-order valence-corrected chi connectivity index (χ2v) is 8.04. The van der Waals surface area contributed by atoms with Crippen LogP contribution in [0.15, 0.2) is 28.1 Å². The Bertz CT molecular complexity index is 719. The second kappa shape index (κ2) is 7.55. The molecular formula is C16H15BrClNO3S. The quantitative estimate of drug-likeness (QED) is 0.806. The average molecular weight is 417 g/mol. The van der Waals surface area contributed by atoms with Crippen LogP contribution in [0.25, 0.3) is 0 Å². The van der Waals surface area contributed by atoms with Gasteiger partial charge in [0.1, 0.15) is 13.2 Å². The normalized spacial score (nSPS) is 13.0. The van der Waals surface area contributed by atoms with Gasteiger partial charge in [-0.1, -0.05) is 11.6 Å². The molecule has 1 aromatic carbocycles. The highest BCUT2D eigenvalue weighted by atomic mass is 79.9. The van der Waals surface area contributed by atoms with E-state index in [9.17, 15) is 4.79 Å². The van der Waals surface area contributed by atoms with Gasteiger partial charge in [0.15, 0.2) is 11.5 Å². The Labute approximate surface area is 151 Å². The van der Waals surface area contributed by atoms with Gasteiger partial charge in [0, 0.05) is 11.4 Å². The predicted octanol–water partition coefficient (Wildman–Crippen LogP) is 3.84. The number of hydrogen-bond acceptors (Lipinski definition) is 4. The summed E-state index contributed by atoms with van der Waals surface area (Å²) in [6.45, 7) is 1.60. The lowest BCUT2D eigenvalue weighted by atomic mass is 10.1. The van der Waals surface area contributed by atoms with Crippen LogP contribution in [0, 0.1) is 0 Å². The lowest BCUT2D eigenvalue weighted by molar-refractivity contribution is -0.120. The Balaban J connectivity index is 1.54. The molecule has 0 saturated heterocycles. The van der Waals surface area contributed by atoms with E-state index in [1.165, 1.54) is 4.88 Å². The number of ether oxygens (including phenoxy) is 2. The van der Waals surface area contributed by atoms with Crippen LogP contribution >= 0.6 is 38.9 Å². The summed E-state index contributed by atoms with van der Waals surface area (Å²) < 4.78 is 12.1. The third-order valence-corrected chi connectivity index (χ3v) is 5.31. The summed E-state index contributed by atoms with van der Waals surface area (Å²) in [4.78, 5) is 13.3. The van der Waals surface area contributed by atoms with Crippen LogP contribution in [0.4, 0.5) is 0 Å². The zero-order valence-electron chi connectivity index (χ0n) is 12.2. The molecule has 2 aromatic rings. The van der Waals surface area contributed by atoms with Crippen molar-refractivity contribution in [3.05, 3.63) is 43.5 Å². The molecule has 0 aliphatic carbocycles. The van der Waals surface area contributed by atoms with E-state index >= 15 is 0 Å². The van der Waals surface area contributed by atoms with Crippen LogP contribution < -0.4 is 14.8 Å². The monoisotopic (exact) mass is 415 g/mol. The molecule has 7 heteroatoms. The molecule has 0 unspecified atom stereocenters. The Morgan fingerprint density at radius 3 is 2.91 bits per heavy atom. The Morgan fingerprint density at radius 2 is 2.13 bits per heavy atom. The summed E-state index contributed by atoms with van der Waals surface area (Å²) in [5.41, 5.74) is 0.815. The molecule has 1 amide bonds. The van der Waals surface area contributed by atoms with Gasteiger partial charge in [0.2, 0.25) is 5.91 Å². The number of hydrogen-bond donors (Lipinski definition) is 1. The second-order valence-electron chi connectivity index (χ2n) is 5.08. The third kappa shape index (κ3) is 4.40. The molecular weight excluding hydrogens is 402 g/mol. The third-order valence-electron chi connectivity index (χ3n) is 3.34. The molecule has 0 bridgehead atoms. The van der Waals surface area contributed by atoms with E-state index in [1.807, 2.05) is 12.1 Å². The van der Waals surface area contributed by atoms with E-state index in [2.05, 4.69) is 27.3 Å². The van der Waals surface area contributed by atoms with Crippen molar-refractivity contribution in [2.45, 2.75) is 12.8 Å². The molecule has 0 saturated carbocycles. The first-order valence-electron chi connectivity index (χ1n) is 7.21. The van der Waals surface area contributed by atoms with E-state index in [-0.39, 0.29) is 12.3 Å². The molecule has 4 nitrogen and oxygen atoms in total. The Kier molecular flexibility index (Phi) is 5.46. The first kappa shape index (κ1) is 16.6. The molecule has 122 valence electrons. The number of halogens is 2. The first-order valence-corrected chi connectivity index (χ1v) is 9.19. The molecule has 1 aliphatic rings. The van der Waals surface area contributed by atoms with Crippen molar-refractivity contribution in [1.82, 2.24) is 5.32 Å². The fourth-order valence-corrected chi connectivity index (χ4v) is 4.10. The number of thiophene rings is 1. The molecule has 0 radical (unpaired) electrons. The van der Waals surface area contributed by atoms with E-state index in [1.54, 1.807) is 17.4 Å². The Hall–Kier alpha value is -1.24. The average Bonchev–Trinajstić information content (AvgIpc) is 2.93. The van der Waals surface area contributed by atoms with E-state index in [0.29, 0.717) is 36.3 Å². The van der Waals surface area contributed by atoms with Crippen LogP contribution in [0.5, 0.6) is 11.5 Å². The number of rotatable bonds is 5. The van der Waals surface area contributed by atoms with Crippen molar-refractivity contribution in [2.75, 3.05) is 19.8 Å². The highest BCUT2D eigenvalue weighted by molar-refractivity contribution is 9.11. The molecule has 1 aromatic heterocycles. The minimum absolute atomic E-state index is 0.0339. The summed E-state index contributed by atoms with van der Waals surface area (Å²) in [6.07, 6.45) is 1.09. The van der Waals surface area contributed by atoms with Gasteiger partial charge in [0.25, 0.3) is 0 Å². The van der Waals surface area contributed by atoms with Gasteiger partial charge in [-0.05, 0) is 52.2 Å². The van der Waals surface area contributed by atoms with Crippen LogP contribution in [0.3, 0.4) is 0 Å². The fourth-order valence-electron chi connectivity index (χ4n) is 2.33. The molecule has 1 N–H and O–H groups in total. The van der Waals surface area contributed by atoms with Crippen molar-refractivity contribution < 1.29 is 14.3 Å². The van der Waals surface area contributed by atoms with Gasteiger partial charge >= 0.3 is 0 Å². The molecule has 2 heterocycles. The van der Waals surface area contributed by atoms with Crippen molar-refractivity contribution in [3.8, 4) is 11.5 Å². The highest BCUT2D eigenvalue weighted by Crippen LogP contribution is 2.38. The molecule has 23 heavy (non-hydrogen) atoms. The number of benzene rings is 1. The van der Waals surface area contributed by atoms with E-state index in [0.717, 1.165) is 15.8 Å². The summed E-state index contributed by atoms with van der Waals surface area (Å²) in [5, 5.41) is 3.41. The predicted molar refractivity (Wildman–Crippen MR) is 94.9 cm³/mol. The number of amides is 1. The zero-order valence-corrected chi connectivity index (χ0v) is 15.4. The SMILES string of the molecule is O=C(Cc1cc(Cl)c2c(c1)OCCO2)NCCc1ccc(Br)s1. The standard InChI is InChI=1S/C16H15BrClNO3S/c17-14-2-1-11(23-14)3-4-19-15(20)9-10-7-12(18)16-13(8-10)21-5-6-22-16/h1-2,7-8H,3-6,9H2,(H,19,20). The van der Waals surface area contributed by atoms with Crippen molar-refractivity contribution in [3.63, 3.8) is 0 Å². The largest absolute Gasteiger partial charge is 0.486 e. The van der Waals surface area contributed by atoms with Crippen molar-refractivity contribution >= 4 is 44.8 Å². The van der Waals surface area contributed by atoms with E-state index < -0.39 is 0 Å². The van der Waals surface area contributed by atoms with Crippen LogP contribution in [0.1, 0.15) is 10.4 Å². The Morgan fingerprint density at radius 1 is 1.30 bits per heavy atom. The first-order chi connectivity index (χ1) is 11.1. The van der Waals surface area contributed by atoms with Gasteiger partial charge < -0.3 is 14.8 Å². The van der Waals surface area contributed by atoms with Crippen molar-refractivity contribution in [2.24, 2.45) is 0 Å². The summed E-state index contributed by atoms with van der Waals surface area (Å²) >= 11 is 11.3. The van der Waals surface area contributed by atoms with Crippen molar-refractivity contribution in [1.29, 1.82) is 0 Å².